The standard InChI is InChI=1S/C29H17Cl2N3O5/c30-18-10-15-21(23(31)16-18)26-25-22-8-4-5-9-24(22)39-28(36)29(25,27(35)17-6-2-1-3-7-17)33(32-26)19-11-13-20(14-12-19)34(37)38/h1-16,25H. The lowest BCUT2D eigenvalue weighted by atomic mass is 9.69. The summed E-state index contributed by atoms with van der Waals surface area (Å²) < 4.78 is 5.80. The van der Waals surface area contributed by atoms with Crippen molar-refractivity contribution in [3.05, 3.63) is 134 Å². The van der Waals surface area contributed by atoms with Crippen LogP contribution in [0.5, 0.6) is 5.75 Å². The fraction of sp³-hybridized carbons (Fsp3) is 0.0690. The van der Waals surface area contributed by atoms with Crippen molar-refractivity contribution in [3.63, 3.8) is 0 Å². The average Bonchev–Trinajstić information content (AvgIpc) is 3.31. The fourth-order valence-corrected chi connectivity index (χ4v) is 5.65. The van der Waals surface area contributed by atoms with Gasteiger partial charge < -0.3 is 4.74 Å². The number of hydrogen-bond acceptors (Lipinski definition) is 7. The number of hydrogen-bond donors (Lipinski definition) is 0. The van der Waals surface area contributed by atoms with Crippen LogP contribution >= 0.6 is 23.2 Å². The first-order valence-corrected chi connectivity index (χ1v) is 12.6. The van der Waals surface area contributed by atoms with Gasteiger partial charge in [0.2, 0.25) is 11.3 Å². The number of fused-ring (bicyclic) bond motifs is 3. The maximum Gasteiger partial charge on any atom is 0.348 e. The lowest BCUT2D eigenvalue weighted by Crippen LogP contribution is -2.63. The number of para-hydroxylation sites is 1. The first-order valence-electron chi connectivity index (χ1n) is 11.8. The fourth-order valence-electron chi connectivity index (χ4n) is 5.14. The van der Waals surface area contributed by atoms with E-state index in [0.717, 1.165) is 0 Å². The van der Waals surface area contributed by atoms with Crippen LogP contribution in [0.3, 0.4) is 0 Å². The van der Waals surface area contributed by atoms with Crippen molar-refractivity contribution in [1.82, 2.24) is 0 Å². The molecule has 0 aliphatic carbocycles. The van der Waals surface area contributed by atoms with Gasteiger partial charge in [0.25, 0.3) is 5.69 Å². The molecule has 0 amide bonds. The summed E-state index contributed by atoms with van der Waals surface area (Å²) in [5, 5.41) is 18.1. The largest absolute Gasteiger partial charge is 0.424 e. The van der Waals surface area contributed by atoms with Gasteiger partial charge in [-0.05, 0) is 30.3 Å². The number of nitrogens with zero attached hydrogens (tertiary/aromatic N) is 3. The minimum absolute atomic E-state index is 0.153. The van der Waals surface area contributed by atoms with Crippen LogP contribution in [0.2, 0.25) is 10.0 Å². The van der Waals surface area contributed by atoms with E-state index in [1.54, 1.807) is 72.8 Å². The molecular formula is C29H17Cl2N3O5. The number of nitro benzene ring substituents is 1. The Labute approximate surface area is 232 Å². The molecule has 0 aromatic heterocycles. The number of anilines is 1. The molecule has 8 nitrogen and oxygen atoms in total. The molecule has 6 rings (SSSR count). The minimum atomic E-state index is -2.01. The summed E-state index contributed by atoms with van der Waals surface area (Å²) in [5.41, 5.74) is -0.219. The van der Waals surface area contributed by atoms with Crippen LogP contribution < -0.4 is 9.75 Å². The van der Waals surface area contributed by atoms with Crippen molar-refractivity contribution in [2.45, 2.75) is 11.5 Å². The van der Waals surface area contributed by atoms with Gasteiger partial charge in [-0.2, -0.15) is 5.10 Å². The molecule has 10 heteroatoms. The zero-order chi connectivity index (χ0) is 27.3. The highest BCUT2D eigenvalue weighted by molar-refractivity contribution is 6.38. The molecular weight excluding hydrogens is 541 g/mol. The molecule has 2 unspecified atom stereocenters. The maximum atomic E-state index is 14.5. The van der Waals surface area contributed by atoms with Crippen LogP contribution in [0.15, 0.2) is 102 Å². The molecule has 2 aliphatic rings. The molecule has 0 radical (unpaired) electrons. The van der Waals surface area contributed by atoms with Gasteiger partial charge in [-0.3, -0.25) is 14.9 Å². The van der Waals surface area contributed by atoms with Gasteiger partial charge in [0.05, 0.1) is 27.3 Å². The first-order chi connectivity index (χ1) is 18.8. The number of benzene rings is 4. The van der Waals surface area contributed by atoms with Gasteiger partial charge in [0, 0.05) is 33.8 Å². The minimum Gasteiger partial charge on any atom is -0.424 e. The molecule has 0 bridgehead atoms. The van der Waals surface area contributed by atoms with Crippen molar-refractivity contribution in [1.29, 1.82) is 0 Å². The van der Waals surface area contributed by atoms with E-state index in [1.807, 2.05) is 0 Å². The van der Waals surface area contributed by atoms with Gasteiger partial charge >= 0.3 is 5.97 Å². The van der Waals surface area contributed by atoms with E-state index in [0.29, 0.717) is 27.6 Å². The lowest BCUT2D eigenvalue weighted by molar-refractivity contribution is -0.384. The summed E-state index contributed by atoms with van der Waals surface area (Å²) in [4.78, 5) is 39.4. The number of ether oxygens (including phenoxy) is 1. The van der Waals surface area contributed by atoms with Crippen LogP contribution in [-0.2, 0) is 4.79 Å². The molecule has 0 spiro atoms. The van der Waals surface area contributed by atoms with E-state index in [1.165, 1.54) is 29.3 Å². The third-order valence-corrected chi connectivity index (χ3v) is 7.42. The van der Waals surface area contributed by atoms with Crippen LogP contribution in [0.25, 0.3) is 0 Å². The number of halogens is 2. The Morgan fingerprint density at radius 3 is 2.33 bits per heavy atom. The predicted octanol–water partition coefficient (Wildman–Crippen LogP) is 6.45. The van der Waals surface area contributed by atoms with E-state index in [9.17, 15) is 19.7 Å². The average molecular weight is 558 g/mol. The Morgan fingerprint density at radius 2 is 1.64 bits per heavy atom. The molecule has 2 aliphatic heterocycles. The highest BCUT2D eigenvalue weighted by Crippen LogP contribution is 2.52. The number of rotatable bonds is 5. The molecule has 0 saturated heterocycles. The van der Waals surface area contributed by atoms with Crippen LogP contribution in [-0.4, -0.2) is 27.9 Å². The van der Waals surface area contributed by atoms with Gasteiger partial charge in [-0.25, -0.2) is 9.80 Å². The third-order valence-electron chi connectivity index (χ3n) is 6.87. The quantitative estimate of drug-likeness (QED) is 0.0697. The normalized spacial score (nSPS) is 19.5. The summed E-state index contributed by atoms with van der Waals surface area (Å²) in [6.45, 7) is 0. The Kier molecular flexibility index (Phi) is 5.94. The van der Waals surface area contributed by atoms with E-state index in [2.05, 4.69) is 0 Å². The Hall–Kier alpha value is -4.53. The summed E-state index contributed by atoms with van der Waals surface area (Å²) in [7, 11) is 0. The molecule has 2 heterocycles. The Bertz CT molecular complexity index is 1690. The van der Waals surface area contributed by atoms with Crippen LogP contribution in [0.4, 0.5) is 11.4 Å². The number of ketones is 1. The summed E-state index contributed by atoms with van der Waals surface area (Å²) in [5.74, 6) is -2.01. The zero-order valence-electron chi connectivity index (χ0n) is 20.0. The molecule has 4 aromatic carbocycles. The van der Waals surface area contributed by atoms with Crippen LogP contribution in [0, 0.1) is 10.1 Å². The predicted molar refractivity (Wildman–Crippen MR) is 147 cm³/mol. The highest BCUT2D eigenvalue weighted by Gasteiger charge is 2.67. The number of hydrazone groups is 1. The molecule has 192 valence electrons. The van der Waals surface area contributed by atoms with Gasteiger partial charge in [0.1, 0.15) is 5.75 Å². The van der Waals surface area contributed by atoms with Crippen molar-refractivity contribution in [3.8, 4) is 5.75 Å². The van der Waals surface area contributed by atoms with E-state index in [-0.39, 0.29) is 22.0 Å². The lowest BCUT2D eigenvalue weighted by Gasteiger charge is -2.41. The summed E-state index contributed by atoms with van der Waals surface area (Å²) in [6, 6.07) is 25.7. The molecule has 0 N–H and O–H groups in total. The summed E-state index contributed by atoms with van der Waals surface area (Å²) in [6.07, 6.45) is 0. The van der Waals surface area contributed by atoms with E-state index >= 15 is 0 Å². The van der Waals surface area contributed by atoms with Gasteiger partial charge in [-0.15, -0.1) is 0 Å². The van der Waals surface area contributed by atoms with Crippen molar-refractivity contribution < 1.29 is 19.2 Å². The Morgan fingerprint density at radius 1 is 0.949 bits per heavy atom. The SMILES string of the molecule is O=C1Oc2ccccc2C2C(c3ccc(Cl)cc3Cl)=NN(c3ccc([N+](=O)[O-])cc3)C12C(=O)c1ccccc1. The number of esters is 1. The molecule has 2 atom stereocenters. The highest BCUT2D eigenvalue weighted by atomic mass is 35.5. The Balaban J connectivity index is 1.67. The van der Waals surface area contributed by atoms with E-state index in [4.69, 9.17) is 33.0 Å². The van der Waals surface area contributed by atoms with E-state index < -0.39 is 28.1 Å². The number of Topliss-reactive ketones (excluding diaryl/α,β-unsaturated/α-hetero) is 1. The smallest absolute Gasteiger partial charge is 0.348 e. The van der Waals surface area contributed by atoms with Crippen molar-refractivity contribution in [2.24, 2.45) is 5.10 Å². The van der Waals surface area contributed by atoms with Gasteiger partial charge in [0.15, 0.2) is 0 Å². The molecule has 0 fully saturated rings. The second kappa shape index (κ2) is 9.34. The first kappa shape index (κ1) is 24.8. The molecule has 0 saturated carbocycles. The second-order valence-corrected chi connectivity index (χ2v) is 9.86. The number of carbonyl (C=O) groups is 2. The van der Waals surface area contributed by atoms with Crippen LogP contribution in [0.1, 0.15) is 27.4 Å². The van der Waals surface area contributed by atoms with Crippen molar-refractivity contribution >= 4 is 52.0 Å². The monoisotopic (exact) mass is 557 g/mol. The maximum absolute atomic E-state index is 14.5. The summed E-state index contributed by atoms with van der Waals surface area (Å²) >= 11 is 12.8. The third kappa shape index (κ3) is 3.79. The number of nitro groups is 1. The zero-order valence-corrected chi connectivity index (χ0v) is 21.5. The van der Waals surface area contributed by atoms with Crippen molar-refractivity contribution in [2.75, 3.05) is 5.01 Å². The number of non-ortho nitro benzene ring substituents is 1. The molecule has 39 heavy (non-hydrogen) atoms. The molecule has 4 aromatic rings. The number of carbonyl (C=O) groups excluding carboxylic acids is 2. The topological polar surface area (TPSA) is 102 Å². The van der Waals surface area contributed by atoms with Gasteiger partial charge in [-0.1, -0.05) is 77.8 Å². The second-order valence-electron chi connectivity index (χ2n) is 9.02.